The summed E-state index contributed by atoms with van der Waals surface area (Å²) in [5.41, 5.74) is 0.646. The van der Waals surface area contributed by atoms with Crippen molar-refractivity contribution in [2.24, 2.45) is 0 Å². The van der Waals surface area contributed by atoms with Gasteiger partial charge in [-0.15, -0.1) is 11.8 Å². The Morgan fingerprint density at radius 3 is 2.75 bits per heavy atom. The molecule has 0 spiro atoms. The zero-order valence-corrected chi connectivity index (χ0v) is 18.3. The van der Waals surface area contributed by atoms with Gasteiger partial charge in [-0.1, -0.05) is 22.0 Å². The van der Waals surface area contributed by atoms with E-state index in [1.807, 2.05) is 12.2 Å². The van der Waals surface area contributed by atoms with Gasteiger partial charge in [0, 0.05) is 5.75 Å². The molecule has 0 bridgehead atoms. The molecule has 3 aliphatic heterocycles. The molecule has 3 rings (SSSR count). The molecule has 2 N–H and O–H groups in total. The standard InChI is InChI=1S/C18H24BrN3O5S/c1-11(19)15(23)20-13-16(24)21-14(18(25)26)12(10-28-17(13)21)4-3-5-22(2)6-8-27-9-7-22/h3-4,11,13,17H,5-10H2,1-2H3,(H-,20,23,25,26)/p+1/b4-3+/t11-,13-,17-/m1/s1. The summed E-state index contributed by atoms with van der Waals surface area (Å²) < 4.78 is 6.25. The van der Waals surface area contributed by atoms with E-state index in [2.05, 4.69) is 28.3 Å². The number of carboxylic acids is 1. The Morgan fingerprint density at radius 1 is 1.46 bits per heavy atom. The van der Waals surface area contributed by atoms with Gasteiger partial charge in [0.2, 0.25) is 5.91 Å². The summed E-state index contributed by atoms with van der Waals surface area (Å²) in [6, 6.07) is -0.685. The molecule has 0 radical (unpaired) electrons. The van der Waals surface area contributed by atoms with E-state index in [9.17, 15) is 19.5 Å². The number of carboxylic acid groups (broad SMARTS) is 1. The molecule has 2 amide bonds. The average molecular weight is 475 g/mol. The predicted octanol–water partition coefficient (Wildman–Crippen LogP) is 0.541. The molecule has 2 fully saturated rings. The second-order valence-corrected chi connectivity index (χ2v) is 9.93. The van der Waals surface area contributed by atoms with Crippen LogP contribution in [-0.2, 0) is 19.1 Å². The van der Waals surface area contributed by atoms with Crippen LogP contribution >= 0.6 is 27.7 Å². The average Bonchev–Trinajstić information content (AvgIpc) is 2.65. The Hall–Kier alpha value is -1.36. The van der Waals surface area contributed by atoms with Crippen molar-refractivity contribution >= 4 is 45.5 Å². The lowest BCUT2D eigenvalue weighted by Crippen LogP contribution is -2.70. The number of quaternary nitrogens is 1. The van der Waals surface area contributed by atoms with Crippen LogP contribution in [0.15, 0.2) is 23.4 Å². The molecule has 28 heavy (non-hydrogen) atoms. The van der Waals surface area contributed by atoms with Crippen molar-refractivity contribution in [3.8, 4) is 0 Å². The number of hydrogen-bond acceptors (Lipinski definition) is 5. The molecule has 10 heteroatoms. The zero-order valence-electron chi connectivity index (χ0n) is 15.9. The van der Waals surface area contributed by atoms with E-state index >= 15 is 0 Å². The van der Waals surface area contributed by atoms with Crippen LogP contribution < -0.4 is 5.32 Å². The van der Waals surface area contributed by atoms with E-state index in [0.717, 1.165) is 37.3 Å². The summed E-state index contributed by atoms with van der Waals surface area (Å²) in [5, 5.41) is 12.0. The second kappa shape index (κ2) is 8.56. The van der Waals surface area contributed by atoms with Crippen molar-refractivity contribution in [1.29, 1.82) is 0 Å². The highest BCUT2D eigenvalue weighted by Crippen LogP contribution is 2.40. The molecule has 0 aromatic heterocycles. The van der Waals surface area contributed by atoms with E-state index in [0.29, 0.717) is 11.3 Å². The third-order valence-electron chi connectivity index (χ3n) is 5.28. The molecule has 3 atom stereocenters. The van der Waals surface area contributed by atoms with Crippen molar-refractivity contribution in [2.75, 3.05) is 45.6 Å². The number of nitrogens with one attached hydrogen (secondary N) is 1. The lowest BCUT2D eigenvalue weighted by Gasteiger charge is -2.49. The highest BCUT2D eigenvalue weighted by atomic mass is 79.9. The number of halogens is 1. The number of morpholine rings is 1. The number of thioether (sulfide) groups is 1. The highest BCUT2D eigenvalue weighted by Gasteiger charge is 2.54. The quantitative estimate of drug-likeness (QED) is 0.331. The summed E-state index contributed by atoms with van der Waals surface area (Å²) >= 11 is 4.64. The van der Waals surface area contributed by atoms with Crippen LogP contribution in [0.5, 0.6) is 0 Å². The molecule has 0 aliphatic carbocycles. The van der Waals surface area contributed by atoms with Crippen molar-refractivity contribution in [3.05, 3.63) is 23.4 Å². The highest BCUT2D eigenvalue weighted by molar-refractivity contribution is 9.10. The van der Waals surface area contributed by atoms with Gasteiger partial charge in [0.1, 0.15) is 30.2 Å². The fourth-order valence-corrected chi connectivity index (χ4v) is 4.91. The number of hydrogen-bond donors (Lipinski definition) is 2. The number of ether oxygens (including phenoxy) is 1. The lowest BCUT2D eigenvalue weighted by atomic mass is 10.0. The minimum absolute atomic E-state index is 0.0204. The number of carbonyl (C=O) groups excluding carboxylic acids is 2. The Balaban J connectivity index is 1.72. The first-order valence-electron chi connectivity index (χ1n) is 9.17. The Morgan fingerprint density at radius 2 is 2.14 bits per heavy atom. The van der Waals surface area contributed by atoms with Crippen molar-refractivity contribution < 1.29 is 28.7 Å². The largest absolute Gasteiger partial charge is 0.477 e. The van der Waals surface area contributed by atoms with Crippen molar-refractivity contribution in [2.45, 2.75) is 23.2 Å². The number of nitrogens with zero attached hydrogens (tertiary/aromatic N) is 2. The number of alkyl halides is 1. The SMILES string of the molecule is C[C@@H](Br)C(=O)N[C@@H]1C(=O)N2C(C(=O)O)=C(/C=C/C[N+]3(C)CCOCC3)CS[C@H]12. The maximum atomic E-state index is 12.5. The van der Waals surface area contributed by atoms with Gasteiger partial charge in [0.25, 0.3) is 5.91 Å². The predicted molar refractivity (Wildman–Crippen MR) is 109 cm³/mol. The van der Waals surface area contributed by atoms with Gasteiger partial charge < -0.3 is 19.6 Å². The van der Waals surface area contributed by atoms with Crippen LogP contribution in [0.2, 0.25) is 0 Å². The second-order valence-electron chi connectivity index (χ2n) is 7.46. The first kappa shape index (κ1) is 21.4. The van der Waals surface area contributed by atoms with Crippen molar-refractivity contribution in [3.63, 3.8) is 0 Å². The molecule has 3 heterocycles. The number of aliphatic carboxylic acids is 1. The molecule has 0 aromatic carbocycles. The van der Waals surface area contributed by atoms with Crippen LogP contribution in [0.3, 0.4) is 0 Å². The molecule has 0 unspecified atom stereocenters. The van der Waals surface area contributed by atoms with Gasteiger partial charge in [0.05, 0.1) is 31.6 Å². The first-order valence-corrected chi connectivity index (χ1v) is 11.1. The van der Waals surface area contributed by atoms with Gasteiger partial charge in [-0.25, -0.2) is 4.79 Å². The maximum absolute atomic E-state index is 12.5. The molecule has 8 nitrogen and oxygen atoms in total. The van der Waals surface area contributed by atoms with E-state index in [-0.39, 0.29) is 22.9 Å². The Bertz CT molecular complexity index is 733. The number of β-lactam (4-membered cyclic amide) rings is 1. The number of likely N-dealkylation sites (N-methyl/N-ethyl adjacent to an activating group) is 1. The molecule has 3 aliphatic rings. The van der Waals surface area contributed by atoms with E-state index < -0.39 is 16.8 Å². The van der Waals surface area contributed by atoms with Crippen LogP contribution in [0.25, 0.3) is 0 Å². The van der Waals surface area contributed by atoms with Crippen LogP contribution in [-0.4, -0.2) is 94.2 Å². The molecule has 0 aromatic rings. The zero-order chi connectivity index (χ0) is 20.5. The number of rotatable bonds is 6. The molecular formula is C18H25BrN3O5S+. The van der Waals surface area contributed by atoms with Gasteiger partial charge in [-0.05, 0) is 18.6 Å². The van der Waals surface area contributed by atoms with E-state index in [1.54, 1.807) is 6.92 Å². The van der Waals surface area contributed by atoms with Gasteiger partial charge in [-0.3, -0.25) is 14.5 Å². The third kappa shape index (κ3) is 4.29. The van der Waals surface area contributed by atoms with Crippen LogP contribution in [0, 0.1) is 0 Å². The van der Waals surface area contributed by atoms with E-state index in [4.69, 9.17) is 4.74 Å². The monoisotopic (exact) mass is 474 g/mol. The van der Waals surface area contributed by atoms with Gasteiger partial charge >= 0.3 is 5.97 Å². The summed E-state index contributed by atoms with van der Waals surface area (Å²) in [6.45, 7) is 5.76. The normalized spacial score (nSPS) is 28.0. The number of amides is 2. The van der Waals surface area contributed by atoms with Crippen LogP contribution in [0.1, 0.15) is 6.92 Å². The number of fused-ring (bicyclic) bond motifs is 1. The minimum Gasteiger partial charge on any atom is -0.477 e. The number of carbonyl (C=O) groups is 3. The molecule has 154 valence electrons. The number of allylic oxidation sites excluding steroid dienone is 1. The third-order valence-corrected chi connectivity index (χ3v) is 6.99. The Kier molecular flexibility index (Phi) is 6.53. The molecule has 0 saturated carbocycles. The molecule has 2 saturated heterocycles. The van der Waals surface area contributed by atoms with Gasteiger partial charge in [0.15, 0.2) is 0 Å². The topological polar surface area (TPSA) is 95.9 Å². The summed E-state index contributed by atoms with van der Waals surface area (Å²) in [6.07, 6.45) is 3.81. The fourth-order valence-electron chi connectivity index (χ4n) is 3.45. The van der Waals surface area contributed by atoms with Crippen molar-refractivity contribution in [1.82, 2.24) is 10.2 Å². The smallest absolute Gasteiger partial charge is 0.352 e. The summed E-state index contributed by atoms with van der Waals surface area (Å²) in [5.74, 6) is -1.30. The lowest BCUT2D eigenvalue weighted by molar-refractivity contribution is -0.911. The molecular weight excluding hydrogens is 450 g/mol. The van der Waals surface area contributed by atoms with Gasteiger partial charge in [-0.2, -0.15) is 0 Å². The summed E-state index contributed by atoms with van der Waals surface area (Å²) in [7, 11) is 2.15. The maximum Gasteiger partial charge on any atom is 0.352 e. The minimum atomic E-state index is -1.12. The van der Waals surface area contributed by atoms with E-state index in [1.165, 1.54) is 16.7 Å². The fraction of sp³-hybridized carbons (Fsp3) is 0.611. The summed E-state index contributed by atoms with van der Waals surface area (Å²) in [4.78, 5) is 37.1. The Labute approximate surface area is 176 Å². The first-order chi connectivity index (χ1) is 13.2. The van der Waals surface area contributed by atoms with Crippen LogP contribution in [0.4, 0.5) is 0 Å².